The Bertz CT molecular complexity index is 384. The standard InChI is InChI=1S/C9H8BN/c10-9-2-1-8-6-11-4-3-7(8)5-9/h1-6H,10H2. The summed E-state index contributed by atoms with van der Waals surface area (Å²) < 4.78 is 0. The summed E-state index contributed by atoms with van der Waals surface area (Å²) in [5.74, 6) is 0. The zero-order valence-electron chi connectivity index (χ0n) is 6.41. The highest BCUT2D eigenvalue weighted by molar-refractivity contribution is 6.33. The maximum atomic E-state index is 4.04. The summed E-state index contributed by atoms with van der Waals surface area (Å²) in [5.41, 5.74) is 1.30. The van der Waals surface area contributed by atoms with E-state index < -0.39 is 0 Å². The Morgan fingerprint density at radius 2 is 2.00 bits per heavy atom. The van der Waals surface area contributed by atoms with E-state index in [9.17, 15) is 0 Å². The number of rotatable bonds is 0. The van der Waals surface area contributed by atoms with E-state index in [0.29, 0.717) is 0 Å². The first-order valence-electron chi connectivity index (χ1n) is 3.67. The summed E-state index contributed by atoms with van der Waals surface area (Å²) in [6.45, 7) is 0. The molecule has 1 aromatic heterocycles. The van der Waals surface area contributed by atoms with E-state index >= 15 is 0 Å². The number of hydrogen-bond donors (Lipinski definition) is 0. The molecular weight excluding hydrogens is 133 g/mol. The smallest absolute Gasteiger partial charge is 0.139 e. The Labute approximate surface area is 66.5 Å². The first-order valence-corrected chi connectivity index (χ1v) is 3.67. The van der Waals surface area contributed by atoms with Gasteiger partial charge in [0.1, 0.15) is 7.85 Å². The van der Waals surface area contributed by atoms with E-state index in [2.05, 4.69) is 31.0 Å². The molecular formula is C9H8BN. The Balaban J connectivity index is 2.83. The Morgan fingerprint density at radius 1 is 1.09 bits per heavy atom. The largest absolute Gasteiger partial charge is 0.264 e. The monoisotopic (exact) mass is 141 g/mol. The van der Waals surface area contributed by atoms with Gasteiger partial charge in [-0.15, -0.1) is 0 Å². The molecule has 0 spiro atoms. The molecule has 0 saturated carbocycles. The van der Waals surface area contributed by atoms with Gasteiger partial charge in [0.2, 0.25) is 0 Å². The van der Waals surface area contributed by atoms with Crippen LogP contribution in [0.15, 0.2) is 36.7 Å². The van der Waals surface area contributed by atoms with Crippen LogP contribution in [0, 0.1) is 0 Å². The quantitative estimate of drug-likeness (QED) is 0.486. The van der Waals surface area contributed by atoms with Crippen molar-refractivity contribution in [2.75, 3.05) is 0 Å². The molecule has 2 heteroatoms. The van der Waals surface area contributed by atoms with Gasteiger partial charge in [-0.1, -0.05) is 23.7 Å². The van der Waals surface area contributed by atoms with E-state index in [4.69, 9.17) is 0 Å². The van der Waals surface area contributed by atoms with E-state index in [-0.39, 0.29) is 0 Å². The Hall–Kier alpha value is -1.31. The molecule has 1 heterocycles. The molecule has 0 aliphatic carbocycles. The molecule has 0 aliphatic rings. The van der Waals surface area contributed by atoms with Crippen molar-refractivity contribution in [2.45, 2.75) is 0 Å². The summed E-state index contributed by atoms with van der Waals surface area (Å²) in [7, 11) is 2.10. The number of hydrogen-bond acceptors (Lipinski definition) is 1. The fraction of sp³-hybridized carbons (Fsp3) is 0. The SMILES string of the molecule is Bc1ccc2cnccc2c1. The molecule has 0 aliphatic heterocycles. The summed E-state index contributed by atoms with van der Waals surface area (Å²) in [4.78, 5) is 4.04. The fourth-order valence-electron chi connectivity index (χ4n) is 1.20. The lowest BCUT2D eigenvalue weighted by Gasteiger charge is -1.96. The fourth-order valence-corrected chi connectivity index (χ4v) is 1.20. The van der Waals surface area contributed by atoms with Crippen molar-refractivity contribution in [1.29, 1.82) is 0 Å². The van der Waals surface area contributed by atoms with Crippen LogP contribution >= 0.6 is 0 Å². The highest BCUT2D eigenvalue weighted by Crippen LogP contribution is 2.08. The second-order valence-electron chi connectivity index (χ2n) is 2.73. The van der Waals surface area contributed by atoms with Gasteiger partial charge >= 0.3 is 0 Å². The Morgan fingerprint density at radius 3 is 2.91 bits per heavy atom. The molecule has 2 rings (SSSR count). The first-order chi connectivity index (χ1) is 5.36. The maximum absolute atomic E-state index is 4.04. The predicted octanol–water partition coefficient (Wildman–Crippen LogP) is 0.493. The molecule has 0 atom stereocenters. The molecule has 0 N–H and O–H groups in total. The molecule has 0 radical (unpaired) electrons. The van der Waals surface area contributed by atoms with Gasteiger partial charge in [0, 0.05) is 12.4 Å². The van der Waals surface area contributed by atoms with E-state index in [0.717, 1.165) is 0 Å². The topological polar surface area (TPSA) is 12.9 Å². The van der Waals surface area contributed by atoms with Crippen molar-refractivity contribution >= 4 is 24.1 Å². The summed E-state index contributed by atoms with van der Waals surface area (Å²) in [6, 6.07) is 8.39. The highest BCUT2D eigenvalue weighted by Gasteiger charge is 1.90. The number of pyridine rings is 1. The average Bonchev–Trinajstić information content (AvgIpc) is 2.04. The first kappa shape index (κ1) is 6.41. The minimum absolute atomic E-state index is 1.21. The lowest BCUT2D eigenvalue weighted by molar-refractivity contribution is 1.37. The summed E-state index contributed by atoms with van der Waals surface area (Å²) >= 11 is 0. The van der Waals surface area contributed by atoms with Crippen molar-refractivity contribution in [3.8, 4) is 0 Å². The molecule has 2 aromatic rings. The molecule has 1 nitrogen and oxygen atoms in total. The number of benzene rings is 1. The van der Waals surface area contributed by atoms with Gasteiger partial charge in [0.15, 0.2) is 0 Å². The van der Waals surface area contributed by atoms with Gasteiger partial charge in [-0.3, -0.25) is 4.98 Å². The number of aromatic nitrogens is 1. The number of nitrogens with zero attached hydrogens (tertiary/aromatic N) is 1. The third kappa shape index (κ3) is 1.12. The highest BCUT2D eigenvalue weighted by atomic mass is 14.6. The molecule has 11 heavy (non-hydrogen) atoms. The van der Waals surface area contributed by atoms with Crippen molar-refractivity contribution in [1.82, 2.24) is 4.98 Å². The minimum atomic E-state index is 1.21. The van der Waals surface area contributed by atoms with Crippen LogP contribution < -0.4 is 5.46 Å². The lowest BCUT2D eigenvalue weighted by Crippen LogP contribution is -1.99. The molecule has 0 bridgehead atoms. The van der Waals surface area contributed by atoms with E-state index in [1.54, 1.807) is 0 Å². The van der Waals surface area contributed by atoms with Gasteiger partial charge in [-0.05, 0) is 16.8 Å². The zero-order valence-corrected chi connectivity index (χ0v) is 6.41. The molecule has 0 unspecified atom stereocenters. The van der Waals surface area contributed by atoms with Crippen LogP contribution in [-0.2, 0) is 0 Å². The molecule has 1 aromatic carbocycles. The third-order valence-corrected chi connectivity index (χ3v) is 1.80. The van der Waals surface area contributed by atoms with Crippen LogP contribution in [0.4, 0.5) is 0 Å². The Kier molecular flexibility index (Phi) is 1.39. The lowest BCUT2D eigenvalue weighted by atomic mass is 9.94. The van der Waals surface area contributed by atoms with Crippen LogP contribution in [0.2, 0.25) is 0 Å². The molecule has 0 saturated heterocycles. The summed E-state index contributed by atoms with van der Waals surface area (Å²) in [6.07, 6.45) is 3.70. The predicted molar refractivity (Wildman–Crippen MR) is 49.9 cm³/mol. The van der Waals surface area contributed by atoms with Crippen LogP contribution in [0.5, 0.6) is 0 Å². The number of fused-ring (bicyclic) bond motifs is 1. The van der Waals surface area contributed by atoms with Gasteiger partial charge < -0.3 is 0 Å². The summed E-state index contributed by atoms with van der Waals surface area (Å²) in [5, 5.41) is 2.47. The second-order valence-corrected chi connectivity index (χ2v) is 2.73. The van der Waals surface area contributed by atoms with Gasteiger partial charge in [-0.2, -0.15) is 0 Å². The van der Waals surface area contributed by atoms with E-state index in [1.807, 2.05) is 18.5 Å². The average molecular weight is 141 g/mol. The molecule has 52 valence electrons. The van der Waals surface area contributed by atoms with Crippen molar-refractivity contribution in [2.24, 2.45) is 0 Å². The van der Waals surface area contributed by atoms with Crippen LogP contribution in [0.25, 0.3) is 10.8 Å². The van der Waals surface area contributed by atoms with Crippen LogP contribution in [0.1, 0.15) is 0 Å². The molecule has 0 fully saturated rings. The third-order valence-electron chi connectivity index (χ3n) is 1.80. The zero-order chi connectivity index (χ0) is 7.68. The van der Waals surface area contributed by atoms with Crippen molar-refractivity contribution in [3.05, 3.63) is 36.7 Å². The van der Waals surface area contributed by atoms with Gasteiger partial charge in [0.25, 0.3) is 0 Å². The second kappa shape index (κ2) is 2.38. The van der Waals surface area contributed by atoms with Crippen molar-refractivity contribution < 1.29 is 0 Å². The molecule has 0 amide bonds. The van der Waals surface area contributed by atoms with Crippen LogP contribution in [0.3, 0.4) is 0 Å². The minimum Gasteiger partial charge on any atom is -0.264 e. The van der Waals surface area contributed by atoms with Crippen LogP contribution in [-0.4, -0.2) is 12.8 Å². The van der Waals surface area contributed by atoms with Crippen molar-refractivity contribution in [3.63, 3.8) is 0 Å². The van der Waals surface area contributed by atoms with Gasteiger partial charge in [-0.25, -0.2) is 0 Å². The van der Waals surface area contributed by atoms with E-state index in [1.165, 1.54) is 16.2 Å². The maximum Gasteiger partial charge on any atom is 0.139 e. The normalized spacial score (nSPS) is 10.2. The van der Waals surface area contributed by atoms with Gasteiger partial charge in [0.05, 0.1) is 0 Å².